The van der Waals surface area contributed by atoms with E-state index >= 15 is 0 Å². The molecule has 0 aliphatic heterocycles. The minimum Gasteiger partial charge on any atom is -0.356 e. The van der Waals surface area contributed by atoms with E-state index in [1.54, 1.807) is 20.5 Å². The normalized spacial score (nSPS) is 10.1. The Balaban J connectivity index is 3.19. The van der Waals surface area contributed by atoms with Crippen molar-refractivity contribution in [3.63, 3.8) is 0 Å². The largest absolute Gasteiger partial charge is 0.356 e. The summed E-state index contributed by atoms with van der Waals surface area (Å²) in [6.45, 7) is 0. The van der Waals surface area contributed by atoms with Gasteiger partial charge < -0.3 is 9.47 Å². The number of hydrogen-bond donors (Lipinski definition) is 0. The number of methoxy groups -OCH3 is 2. The first-order valence-corrected chi connectivity index (χ1v) is 2.75. The van der Waals surface area contributed by atoms with Crippen molar-refractivity contribution in [1.29, 1.82) is 0 Å². The van der Waals surface area contributed by atoms with E-state index in [2.05, 4.69) is 0 Å². The van der Waals surface area contributed by atoms with Crippen LogP contribution in [0.15, 0.2) is 0 Å². The lowest BCUT2D eigenvalue weighted by Gasteiger charge is -2.09. The van der Waals surface area contributed by atoms with Crippen molar-refractivity contribution >= 4 is 6.29 Å². The number of carbonyl (C=O) groups excluding carboxylic acids is 1. The number of rotatable bonds is 5. The lowest BCUT2D eigenvalue weighted by atomic mass is 10.3. The van der Waals surface area contributed by atoms with Gasteiger partial charge in [0.2, 0.25) is 0 Å². The molecule has 0 aromatic carbocycles. The Morgan fingerprint density at radius 3 is 2.33 bits per heavy atom. The summed E-state index contributed by atoms with van der Waals surface area (Å²) in [5, 5.41) is 0. The van der Waals surface area contributed by atoms with Crippen molar-refractivity contribution < 1.29 is 14.3 Å². The second kappa shape index (κ2) is 5.72. The molecule has 0 heterocycles. The molecule has 0 saturated carbocycles. The van der Waals surface area contributed by atoms with Crippen LogP contribution in [0.2, 0.25) is 0 Å². The van der Waals surface area contributed by atoms with Gasteiger partial charge in [-0.2, -0.15) is 0 Å². The maximum absolute atomic E-state index is 9.71. The summed E-state index contributed by atoms with van der Waals surface area (Å²) in [5.74, 6) is 0. The summed E-state index contributed by atoms with van der Waals surface area (Å²) in [5.41, 5.74) is 0. The van der Waals surface area contributed by atoms with E-state index in [-0.39, 0.29) is 6.29 Å². The summed E-state index contributed by atoms with van der Waals surface area (Å²) in [7, 11) is 3.08. The first-order chi connectivity index (χ1) is 4.35. The van der Waals surface area contributed by atoms with Gasteiger partial charge in [0.1, 0.15) is 0 Å². The predicted molar refractivity (Wildman–Crippen MR) is 32.7 cm³/mol. The molecule has 3 heteroatoms. The summed E-state index contributed by atoms with van der Waals surface area (Å²) in [4.78, 5) is 9.71. The fourth-order valence-corrected chi connectivity index (χ4v) is 0.509. The lowest BCUT2D eigenvalue weighted by molar-refractivity contribution is -0.104. The van der Waals surface area contributed by atoms with Gasteiger partial charge in [0.15, 0.2) is 12.6 Å². The zero-order chi connectivity index (χ0) is 7.11. The molecule has 0 N–H and O–H groups in total. The fourth-order valence-electron chi connectivity index (χ4n) is 0.509. The number of ether oxygens (including phenoxy) is 2. The van der Waals surface area contributed by atoms with E-state index in [0.717, 1.165) is 0 Å². The zero-order valence-electron chi connectivity index (χ0n) is 5.72. The van der Waals surface area contributed by atoms with Gasteiger partial charge in [0, 0.05) is 27.1 Å². The van der Waals surface area contributed by atoms with Crippen LogP contribution in [0.25, 0.3) is 0 Å². The fraction of sp³-hybridized carbons (Fsp3) is 0.833. The third kappa shape index (κ3) is 4.12. The molecule has 0 aromatic heterocycles. The van der Waals surface area contributed by atoms with Crippen molar-refractivity contribution in [3.05, 3.63) is 0 Å². The van der Waals surface area contributed by atoms with Crippen LogP contribution in [0.1, 0.15) is 12.8 Å². The van der Waals surface area contributed by atoms with Gasteiger partial charge >= 0.3 is 0 Å². The molecule has 0 fully saturated rings. The summed E-state index contributed by atoms with van der Waals surface area (Å²) < 4.78 is 9.60. The summed E-state index contributed by atoms with van der Waals surface area (Å²) >= 11 is 0. The molecule has 0 atom stereocenters. The molecule has 0 aliphatic rings. The Morgan fingerprint density at radius 1 is 1.44 bits per heavy atom. The van der Waals surface area contributed by atoms with Gasteiger partial charge in [-0.3, -0.25) is 4.79 Å². The second-order valence-electron chi connectivity index (χ2n) is 1.58. The van der Waals surface area contributed by atoms with Gasteiger partial charge in [-0.1, -0.05) is 0 Å². The van der Waals surface area contributed by atoms with Crippen molar-refractivity contribution in [2.24, 2.45) is 0 Å². The minimum absolute atomic E-state index is 0.258. The average Bonchev–Trinajstić information content (AvgIpc) is 1.91. The molecule has 0 unspecified atom stereocenters. The predicted octanol–water partition coefficient (Wildman–Crippen LogP) is 0.495. The van der Waals surface area contributed by atoms with E-state index in [1.807, 2.05) is 0 Å². The third-order valence-electron chi connectivity index (χ3n) is 1.01. The molecule has 0 saturated heterocycles. The summed E-state index contributed by atoms with van der Waals surface area (Å²) in [6, 6.07) is 0. The van der Waals surface area contributed by atoms with E-state index in [1.165, 1.54) is 0 Å². The van der Waals surface area contributed by atoms with Crippen LogP contribution in [0.5, 0.6) is 0 Å². The first-order valence-electron chi connectivity index (χ1n) is 2.75. The highest BCUT2D eigenvalue weighted by Crippen LogP contribution is 1.98. The highest BCUT2D eigenvalue weighted by atomic mass is 16.7. The van der Waals surface area contributed by atoms with Gasteiger partial charge in [0.25, 0.3) is 0 Å². The molecule has 53 valence electrons. The van der Waals surface area contributed by atoms with Crippen molar-refractivity contribution in [2.75, 3.05) is 14.2 Å². The Hall–Kier alpha value is -0.410. The monoisotopic (exact) mass is 131 g/mol. The van der Waals surface area contributed by atoms with Crippen LogP contribution >= 0.6 is 0 Å². The van der Waals surface area contributed by atoms with Gasteiger partial charge in [-0.05, 0) is 0 Å². The Bertz CT molecular complexity index is 68.7. The van der Waals surface area contributed by atoms with Gasteiger partial charge in [0.05, 0.1) is 0 Å². The van der Waals surface area contributed by atoms with Crippen molar-refractivity contribution in [2.45, 2.75) is 19.1 Å². The van der Waals surface area contributed by atoms with Crippen LogP contribution in [-0.4, -0.2) is 26.8 Å². The molecule has 0 rings (SSSR count). The molecule has 0 aliphatic carbocycles. The van der Waals surface area contributed by atoms with E-state index in [0.29, 0.717) is 12.8 Å². The molecule has 3 nitrogen and oxygen atoms in total. The second-order valence-corrected chi connectivity index (χ2v) is 1.58. The molecule has 1 radical (unpaired) electrons. The van der Waals surface area contributed by atoms with Crippen molar-refractivity contribution in [3.8, 4) is 0 Å². The third-order valence-corrected chi connectivity index (χ3v) is 1.01. The molecule has 9 heavy (non-hydrogen) atoms. The molecular formula is C6H11O3. The van der Waals surface area contributed by atoms with Crippen LogP contribution in [-0.2, 0) is 14.3 Å². The maximum atomic E-state index is 9.71. The van der Waals surface area contributed by atoms with Gasteiger partial charge in [-0.25, -0.2) is 0 Å². The molecule has 0 amide bonds. The Kier molecular flexibility index (Phi) is 5.46. The zero-order valence-corrected chi connectivity index (χ0v) is 5.72. The first kappa shape index (κ1) is 8.59. The molecule has 0 spiro atoms. The lowest BCUT2D eigenvalue weighted by Crippen LogP contribution is -2.12. The Morgan fingerprint density at radius 2 is 2.00 bits per heavy atom. The SMILES string of the molecule is COC(CC[C]=O)OC. The molecular weight excluding hydrogens is 120 g/mol. The van der Waals surface area contributed by atoms with E-state index in [9.17, 15) is 4.79 Å². The molecule has 0 bridgehead atoms. The standard InChI is InChI=1S/C6H11O3/c1-8-6(9-2)4-3-5-7/h6H,3-4H2,1-2H3. The Labute approximate surface area is 55.0 Å². The van der Waals surface area contributed by atoms with Crippen LogP contribution in [0, 0.1) is 0 Å². The highest BCUT2D eigenvalue weighted by molar-refractivity contribution is 5.50. The quantitative estimate of drug-likeness (QED) is 0.509. The topological polar surface area (TPSA) is 35.5 Å². The van der Waals surface area contributed by atoms with Crippen LogP contribution < -0.4 is 0 Å². The van der Waals surface area contributed by atoms with Crippen LogP contribution in [0.3, 0.4) is 0 Å². The van der Waals surface area contributed by atoms with E-state index < -0.39 is 0 Å². The highest BCUT2D eigenvalue weighted by Gasteiger charge is 2.02. The van der Waals surface area contributed by atoms with E-state index in [4.69, 9.17) is 9.47 Å². The van der Waals surface area contributed by atoms with Gasteiger partial charge in [-0.15, -0.1) is 0 Å². The van der Waals surface area contributed by atoms with Crippen LogP contribution in [0.4, 0.5) is 0 Å². The maximum Gasteiger partial charge on any atom is 0.198 e. The minimum atomic E-state index is -0.258. The number of hydrogen-bond acceptors (Lipinski definition) is 3. The van der Waals surface area contributed by atoms with Crippen molar-refractivity contribution in [1.82, 2.24) is 0 Å². The summed E-state index contributed by atoms with van der Waals surface area (Å²) in [6.07, 6.45) is 2.45. The molecule has 0 aromatic rings. The average molecular weight is 131 g/mol. The smallest absolute Gasteiger partial charge is 0.198 e.